The van der Waals surface area contributed by atoms with Crippen LogP contribution in [-0.4, -0.2) is 21.2 Å². The first-order chi connectivity index (χ1) is 10.4. The summed E-state index contributed by atoms with van der Waals surface area (Å²) in [5.41, 5.74) is 0.999. The number of nitrogens with zero attached hydrogens (tertiary/aromatic N) is 3. The zero-order valence-corrected chi connectivity index (χ0v) is 12.1. The summed E-state index contributed by atoms with van der Waals surface area (Å²) in [6.07, 6.45) is 9.28. The molecule has 0 bridgehead atoms. The average molecular weight is 283 g/mol. The number of hydrogen-bond acceptors (Lipinski definition) is 5. The highest BCUT2D eigenvalue weighted by atomic mass is 15.3. The molecule has 1 aliphatic rings. The zero-order valence-electron chi connectivity index (χ0n) is 12.1. The SMILES string of the molecule is c1ccc(Nc2cnnc(NC3CCCCCC3)n2)cc1. The van der Waals surface area contributed by atoms with Crippen LogP contribution < -0.4 is 10.6 Å². The predicted octanol–water partition coefficient (Wildman–Crippen LogP) is 3.75. The number of anilines is 3. The molecule has 0 amide bonds. The molecule has 0 unspecified atom stereocenters. The molecule has 1 aromatic heterocycles. The van der Waals surface area contributed by atoms with Gasteiger partial charge in [0.25, 0.3) is 0 Å². The molecule has 21 heavy (non-hydrogen) atoms. The van der Waals surface area contributed by atoms with Gasteiger partial charge in [-0.3, -0.25) is 0 Å². The van der Waals surface area contributed by atoms with E-state index in [0.717, 1.165) is 5.69 Å². The Morgan fingerprint density at radius 3 is 2.48 bits per heavy atom. The van der Waals surface area contributed by atoms with E-state index in [-0.39, 0.29) is 0 Å². The van der Waals surface area contributed by atoms with Crippen LogP contribution in [-0.2, 0) is 0 Å². The Bertz CT molecular complexity index is 550. The molecular formula is C16H21N5. The van der Waals surface area contributed by atoms with E-state index < -0.39 is 0 Å². The van der Waals surface area contributed by atoms with Crippen molar-refractivity contribution in [3.63, 3.8) is 0 Å². The molecule has 1 aromatic carbocycles. The Kier molecular flexibility index (Phi) is 4.61. The lowest BCUT2D eigenvalue weighted by atomic mass is 10.1. The van der Waals surface area contributed by atoms with Crippen LogP contribution in [0.25, 0.3) is 0 Å². The first-order valence-electron chi connectivity index (χ1n) is 7.68. The Morgan fingerprint density at radius 2 is 1.71 bits per heavy atom. The maximum atomic E-state index is 4.50. The molecule has 110 valence electrons. The Labute approximate surface area is 125 Å². The second kappa shape index (κ2) is 7.02. The summed E-state index contributed by atoms with van der Waals surface area (Å²) in [5, 5.41) is 14.8. The summed E-state index contributed by atoms with van der Waals surface area (Å²) in [7, 11) is 0. The number of para-hydroxylation sites is 1. The molecule has 1 aliphatic carbocycles. The molecular weight excluding hydrogens is 262 g/mol. The van der Waals surface area contributed by atoms with Crippen molar-refractivity contribution in [1.82, 2.24) is 15.2 Å². The first kappa shape index (κ1) is 13.8. The van der Waals surface area contributed by atoms with Crippen LogP contribution in [0.2, 0.25) is 0 Å². The molecule has 5 heteroatoms. The van der Waals surface area contributed by atoms with Crippen molar-refractivity contribution in [2.75, 3.05) is 10.6 Å². The molecule has 1 heterocycles. The van der Waals surface area contributed by atoms with Crippen LogP contribution in [0, 0.1) is 0 Å². The van der Waals surface area contributed by atoms with Gasteiger partial charge in [0.15, 0.2) is 5.82 Å². The fourth-order valence-corrected chi connectivity index (χ4v) is 2.70. The molecule has 0 radical (unpaired) electrons. The Morgan fingerprint density at radius 1 is 0.952 bits per heavy atom. The highest BCUT2D eigenvalue weighted by Crippen LogP contribution is 2.20. The third kappa shape index (κ3) is 4.15. The van der Waals surface area contributed by atoms with Crippen LogP contribution in [0.5, 0.6) is 0 Å². The second-order valence-corrected chi connectivity index (χ2v) is 5.49. The van der Waals surface area contributed by atoms with Crippen molar-refractivity contribution in [3.05, 3.63) is 36.5 Å². The summed E-state index contributed by atoms with van der Waals surface area (Å²) in [6, 6.07) is 10.4. The second-order valence-electron chi connectivity index (χ2n) is 5.49. The molecule has 0 spiro atoms. The normalized spacial score (nSPS) is 16.2. The first-order valence-corrected chi connectivity index (χ1v) is 7.68. The van der Waals surface area contributed by atoms with Gasteiger partial charge in [-0.25, -0.2) is 0 Å². The summed E-state index contributed by atoms with van der Waals surface area (Å²) in [4.78, 5) is 4.50. The van der Waals surface area contributed by atoms with E-state index in [0.29, 0.717) is 17.8 Å². The summed E-state index contributed by atoms with van der Waals surface area (Å²) < 4.78 is 0. The smallest absolute Gasteiger partial charge is 0.244 e. The fourth-order valence-electron chi connectivity index (χ4n) is 2.70. The van der Waals surface area contributed by atoms with Gasteiger partial charge in [0, 0.05) is 11.7 Å². The highest BCUT2D eigenvalue weighted by Gasteiger charge is 2.13. The topological polar surface area (TPSA) is 62.7 Å². The van der Waals surface area contributed by atoms with Gasteiger partial charge < -0.3 is 10.6 Å². The van der Waals surface area contributed by atoms with Crippen LogP contribution in [0.1, 0.15) is 38.5 Å². The Hall–Kier alpha value is -2.17. The van der Waals surface area contributed by atoms with Gasteiger partial charge >= 0.3 is 0 Å². The van der Waals surface area contributed by atoms with Crippen LogP contribution in [0.3, 0.4) is 0 Å². The van der Waals surface area contributed by atoms with Gasteiger partial charge in [0.05, 0.1) is 6.20 Å². The Balaban J connectivity index is 1.65. The van der Waals surface area contributed by atoms with Crippen molar-refractivity contribution in [2.24, 2.45) is 0 Å². The van der Waals surface area contributed by atoms with Gasteiger partial charge in [-0.2, -0.15) is 10.1 Å². The van der Waals surface area contributed by atoms with Gasteiger partial charge in [0.1, 0.15) is 0 Å². The van der Waals surface area contributed by atoms with Crippen molar-refractivity contribution in [3.8, 4) is 0 Å². The molecule has 1 saturated carbocycles. The van der Waals surface area contributed by atoms with E-state index in [1.54, 1.807) is 6.20 Å². The molecule has 1 fully saturated rings. The quantitative estimate of drug-likeness (QED) is 0.837. The summed E-state index contributed by atoms with van der Waals surface area (Å²) in [5.74, 6) is 1.33. The predicted molar refractivity (Wildman–Crippen MR) is 84.7 cm³/mol. The van der Waals surface area contributed by atoms with Crippen molar-refractivity contribution < 1.29 is 0 Å². The standard InChI is InChI=1S/C16H21N5/c1-2-5-11-14(10-4-1)19-16-20-15(12-17-21-16)18-13-8-6-3-7-9-13/h3,6-9,12,14H,1-2,4-5,10-11H2,(H2,18,19,20,21). The van der Waals surface area contributed by atoms with Crippen molar-refractivity contribution >= 4 is 17.5 Å². The minimum Gasteiger partial charge on any atom is -0.350 e. The van der Waals surface area contributed by atoms with Crippen molar-refractivity contribution in [2.45, 2.75) is 44.6 Å². The van der Waals surface area contributed by atoms with Crippen LogP contribution in [0.4, 0.5) is 17.5 Å². The number of rotatable bonds is 4. The van der Waals surface area contributed by atoms with E-state index >= 15 is 0 Å². The maximum absolute atomic E-state index is 4.50. The molecule has 5 nitrogen and oxygen atoms in total. The third-order valence-corrected chi connectivity index (χ3v) is 3.79. The lowest BCUT2D eigenvalue weighted by molar-refractivity contribution is 0.613. The molecule has 0 atom stereocenters. The van der Waals surface area contributed by atoms with Gasteiger partial charge in [-0.15, -0.1) is 5.10 Å². The van der Waals surface area contributed by atoms with Crippen LogP contribution >= 0.6 is 0 Å². The van der Waals surface area contributed by atoms with Gasteiger partial charge in [-0.1, -0.05) is 43.9 Å². The van der Waals surface area contributed by atoms with Crippen molar-refractivity contribution in [1.29, 1.82) is 0 Å². The molecule has 2 N–H and O–H groups in total. The fraction of sp³-hybridized carbons (Fsp3) is 0.438. The lowest BCUT2D eigenvalue weighted by Crippen LogP contribution is -2.20. The molecule has 3 rings (SSSR count). The minimum absolute atomic E-state index is 0.473. The van der Waals surface area contributed by atoms with E-state index in [1.165, 1.54) is 38.5 Å². The maximum Gasteiger partial charge on any atom is 0.244 e. The van der Waals surface area contributed by atoms with E-state index in [4.69, 9.17) is 0 Å². The minimum atomic E-state index is 0.473. The molecule has 2 aromatic rings. The largest absolute Gasteiger partial charge is 0.350 e. The van der Waals surface area contributed by atoms with Gasteiger partial charge in [0.2, 0.25) is 5.95 Å². The van der Waals surface area contributed by atoms with E-state index in [1.807, 2.05) is 30.3 Å². The number of aromatic nitrogens is 3. The zero-order chi connectivity index (χ0) is 14.3. The molecule has 0 aliphatic heterocycles. The van der Waals surface area contributed by atoms with Gasteiger partial charge in [-0.05, 0) is 25.0 Å². The summed E-state index contributed by atoms with van der Waals surface area (Å²) in [6.45, 7) is 0. The number of benzene rings is 1. The number of nitrogens with one attached hydrogen (secondary N) is 2. The monoisotopic (exact) mass is 283 g/mol. The van der Waals surface area contributed by atoms with Crippen LogP contribution in [0.15, 0.2) is 36.5 Å². The summed E-state index contributed by atoms with van der Waals surface area (Å²) >= 11 is 0. The molecule has 0 saturated heterocycles. The third-order valence-electron chi connectivity index (χ3n) is 3.79. The highest BCUT2D eigenvalue weighted by molar-refractivity contribution is 5.55. The van der Waals surface area contributed by atoms with E-state index in [9.17, 15) is 0 Å². The lowest BCUT2D eigenvalue weighted by Gasteiger charge is -2.16. The average Bonchev–Trinajstić information content (AvgIpc) is 2.77. The van der Waals surface area contributed by atoms with E-state index in [2.05, 4.69) is 25.8 Å². The number of hydrogen-bond donors (Lipinski definition) is 2.